The summed E-state index contributed by atoms with van der Waals surface area (Å²) in [7, 11) is 0. The highest BCUT2D eigenvalue weighted by molar-refractivity contribution is 5.92. The molecule has 2 aromatic heterocycles. The largest absolute Gasteiger partial charge is 0.448 e. The predicted octanol–water partition coefficient (Wildman–Crippen LogP) is 2.89. The Morgan fingerprint density at radius 3 is 2.67 bits per heavy atom. The minimum atomic E-state index is -0.0534. The van der Waals surface area contributed by atoms with Crippen LogP contribution in [0, 0.1) is 25.2 Å². The van der Waals surface area contributed by atoms with Crippen LogP contribution in [0.5, 0.6) is 0 Å². The highest BCUT2D eigenvalue weighted by Crippen LogP contribution is 2.47. The highest BCUT2D eigenvalue weighted by atomic mass is 16.5. The Labute approximate surface area is 174 Å². The number of anilines is 1. The third kappa shape index (κ3) is 3.36. The molecule has 2 fully saturated rings. The van der Waals surface area contributed by atoms with Crippen LogP contribution in [0.1, 0.15) is 34.3 Å². The first-order valence-electron chi connectivity index (χ1n) is 10.3. The summed E-state index contributed by atoms with van der Waals surface area (Å²) in [5.41, 5.74) is 1.69. The molecule has 8 heteroatoms. The van der Waals surface area contributed by atoms with Gasteiger partial charge in [0.25, 0.3) is 11.9 Å². The number of nitrogens with zero attached hydrogens (tertiary/aromatic N) is 5. The van der Waals surface area contributed by atoms with Gasteiger partial charge in [-0.15, -0.1) is 0 Å². The maximum absolute atomic E-state index is 13.0. The lowest BCUT2D eigenvalue weighted by Crippen LogP contribution is -2.37. The monoisotopic (exact) mass is 407 g/mol. The van der Waals surface area contributed by atoms with Crippen molar-refractivity contribution in [1.82, 2.24) is 20.0 Å². The first kappa shape index (κ1) is 18.8. The van der Waals surface area contributed by atoms with Gasteiger partial charge in [-0.05, 0) is 23.6 Å². The van der Waals surface area contributed by atoms with Crippen molar-refractivity contribution < 1.29 is 13.7 Å². The van der Waals surface area contributed by atoms with Crippen molar-refractivity contribution in [2.45, 2.75) is 26.7 Å². The van der Waals surface area contributed by atoms with Gasteiger partial charge < -0.3 is 18.7 Å². The lowest BCUT2D eigenvalue weighted by molar-refractivity contribution is 0.0764. The van der Waals surface area contributed by atoms with E-state index < -0.39 is 0 Å². The summed E-state index contributed by atoms with van der Waals surface area (Å²) in [4.78, 5) is 25.8. The molecule has 3 aromatic rings. The number of hydrogen-bond acceptors (Lipinski definition) is 7. The molecule has 1 amide bonds. The van der Waals surface area contributed by atoms with Gasteiger partial charge in [0.05, 0.1) is 0 Å². The van der Waals surface area contributed by atoms with Crippen LogP contribution in [0.25, 0.3) is 0 Å². The lowest BCUT2D eigenvalue weighted by Gasteiger charge is -2.29. The fraction of sp³-hybridized carbons (Fsp3) is 0.455. The number of hydrogen-bond donors (Lipinski definition) is 0. The Kier molecular flexibility index (Phi) is 4.56. The van der Waals surface area contributed by atoms with Crippen molar-refractivity contribution >= 4 is 11.9 Å². The summed E-state index contributed by atoms with van der Waals surface area (Å²) in [5.74, 6) is 2.01. The van der Waals surface area contributed by atoms with E-state index in [1.807, 2.05) is 11.0 Å². The SMILES string of the molecule is Cc1nc(C(=O)N2C[C@@H]3CN(c4noc(C)n4)C[C@]3(CCc3ccccc3)C2)co1. The topological polar surface area (TPSA) is 88.5 Å². The Hall–Kier alpha value is -3.16. The Balaban J connectivity index is 1.38. The number of benzene rings is 1. The molecular formula is C22H25N5O3. The number of rotatable bonds is 5. The van der Waals surface area contributed by atoms with Crippen LogP contribution in [0.2, 0.25) is 0 Å². The second kappa shape index (κ2) is 7.27. The molecule has 156 valence electrons. The zero-order valence-electron chi connectivity index (χ0n) is 17.2. The zero-order chi connectivity index (χ0) is 20.7. The van der Waals surface area contributed by atoms with Crippen LogP contribution in [0.3, 0.4) is 0 Å². The van der Waals surface area contributed by atoms with Crippen LogP contribution in [-0.2, 0) is 6.42 Å². The van der Waals surface area contributed by atoms with E-state index in [1.165, 1.54) is 11.8 Å². The van der Waals surface area contributed by atoms with Gasteiger partial charge in [0.15, 0.2) is 11.6 Å². The molecule has 1 aromatic carbocycles. The first-order chi connectivity index (χ1) is 14.5. The maximum Gasteiger partial charge on any atom is 0.275 e. The number of likely N-dealkylation sites (tertiary alicyclic amines) is 1. The summed E-state index contributed by atoms with van der Waals surface area (Å²) in [5, 5.41) is 4.12. The molecule has 2 aliphatic heterocycles. The third-order valence-corrected chi connectivity index (χ3v) is 6.44. The van der Waals surface area contributed by atoms with E-state index >= 15 is 0 Å². The Morgan fingerprint density at radius 2 is 1.97 bits per heavy atom. The molecule has 30 heavy (non-hydrogen) atoms. The molecule has 8 nitrogen and oxygen atoms in total. The molecule has 0 bridgehead atoms. The van der Waals surface area contributed by atoms with Gasteiger partial charge in [0.2, 0.25) is 5.89 Å². The van der Waals surface area contributed by atoms with E-state index in [-0.39, 0.29) is 11.3 Å². The number of amides is 1. The third-order valence-electron chi connectivity index (χ3n) is 6.44. The smallest absolute Gasteiger partial charge is 0.275 e. The van der Waals surface area contributed by atoms with Crippen molar-refractivity contribution in [3.63, 3.8) is 0 Å². The number of fused-ring (bicyclic) bond motifs is 1. The lowest BCUT2D eigenvalue weighted by atomic mass is 9.76. The second-order valence-corrected chi connectivity index (χ2v) is 8.48. The predicted molar refractivity (Wildman–Crippen MR) is 109 cm³/mol. The van der Waals surface area contributed by atoms with Gasteiger partial charge in [-0.25, -0.2) is 4.98 Å². The summed E-state index contributed by atoms with van der Waals surface area (Å²) in [6, 6.07) is 10.5. The van der Waals surface area contributed by atoms with Gasteiger partial charge in [-0.2, -0.15) is 4.98 Å². The summed E-state index contributed by atoms with van der Waals surface area (Å²) >= 11 is 0. The molecule has 0 aliphatic carbocycles. The van der Waals surface area contributed by atoms with Crippen LogP contribution in [-0.4, -0.2) is 52.1 Å². The molecule has 0 unspecified atom stereocenters. The first-order valence-corrected chi connectivity index (χ1v) is 10.3. The van der Waals surface area contributed by atoms with Gasteiger partial charge in [-0.1, -0.05) is 30.3 Å². The number of carbonyl (C=O) groups excluding carboxylic acids is 1. The summed E-state index contributed by atoms with van der Waals surface area (Å²) in [6.07, 6.45) is 3.43. The minimum Gasteiger partial charge on any atom is -0.448 e. The van der Waals surface area contributed by atoms with E-state index in [0.29, 0.717) is 42.4 Å². The van der Waals surface area contributed by atoms with Crippen LogP contribution >= 0.6 is 0 Å². The normalized spacial score (nSPS) is 23.2. The summed E-state index contributed by atoms with van der Waals surface area (Å²) < 4.78 is 10.4. The molecule has 0 saturated carbocycles. The van der Waals surface area contributed by atoms with E-state index in [0.717, 1.165) is 25.9 Å². The van der Waals surface area contributed by atoms with E-state index in [2.05, 4.69) is 44.3 Å². The van der Waals surface area contributed by atoms with E-state index in [9.17, 15) is 4.79 Å². The van der Waals surface area contributed by atoms with Crippen LogP contribution < -0.4 is 4.90 Å². The molecule has 4 heterocycles. The molecule has 2 saturated heterocycles. The van der Waals surface area contributed by atoms with Crippen LogP contribution in [0.15, 0.2) is 45.5 Å². The maximum atomic E-state index is 13.0. The molecule has 2 atom stereocenters. The van der Waals surface area contributed by atoms with Crippen molar-refractivity contribution in [2.75, 3.05) is 31.1 Å². The zero-order valence-corrected chi connectivity index (χ0v) is 17.2. The standard InChI is InChI=1S/C22H25N5O3/c1-15-23-19(12-29-15)20(28)26-10-18-11-27(21-24-16(2)30-25-21)14-22(18,13-26)9-8-17-6-4-3-5-7-17/h3-7,12,18H,8-11,13-14H2,1-2H3/t18-,22+/m1/s1. The van der Waals surface area contributed by atoms with Crippen LogP contribution in [0.4, 0.5) is 5.95 Å². The number of aryl methyl sites for hydroxylation is 3. The van der Waals surface area contributed by atoms with Gasteiger partial charge in [0.1, 0.15) is 6.26 Å². The Morgan fingerprint density at radius 1 is 1.13 bits per heavy atom. The fourth-order valence-corrected chi connectivity index (χ4v) is 4.92. The number of oxazole rings is 1. The average molecular weight is 407 g/mol. The molecule has 5 rings (SSSR count). The quantitative estimate of drug-likeness (QED) is 0.642. The molecule has 0 N–H and O–H groups in total. The van der Waals surface area contributed by atoms with E-state index in [1.54, 1.807) is 13.8 Å². The van der Waals surface area contributed by atoms with E-state index in [4.69, 9.17) is 8.94 Å². The van der Waals surface area contributed by atoms with Crippen molar-refractivity contribution in [1.29, 1.82) is 0 Å². The highest BCUT2D eigenvalue weighted by Gasteiger charge is 2.54. The minimum absolute atomic E-state index is 0.0151. The number of carbonyl (C=O) groups is 1. The number of aromatic nitrogens is 3. The average Bonchev–Trinajstić information content (AvgIpc) is 3.50. The second-order valence-electron chi connectivity index (χ2n) is 8.48. The van der Waals surface area contributed by atoms with Gasteiger partial charge >= 0.3 is 0 Å². The van der Waals surface area contributed by atoms with Crippen molar-refractivity contribution in [3.8, 4) is 0 Å². The molecular weight excluding hydrogens is 382 g/mol. The van der Waals surface area contributed by atoms with Crippen molar-refractivity contribution in [3.05, 3.63) is 59.6 Å². The molecule has 2 aliphatic rings. The van der Waals surface area contributed by atoms with Gasteiger partial charge in [0, 0.05) is 51.4 Å². The summed E-state index contributed by atoms with van der Waals surface area (Å²) in [6.45, 7) is 6.58. The Bertz CT molecular complexity index is 1050. The van der Waals surface area contributed by atoms with Crippen molar-refractivity contribution in [2.24, 2.45) is 11.3 Å². The van der Waals surface area contributed by atoms with Gasteiger partial charge in [-0.3, -0.25) is 4.79 Å². The molecule has 0 radical (unpaired) electrons. The molecule has 0 spiro atoms. The fourth-order valence-electron chi connectivity index (χ4n) is 4.92.